The van der Waals surface area contributed by atoms with Gasteiger partial charge in [-0.15, -0.1) is 0 Å². The summed E-state index contributed by atoms with van der Waals surface area (Å²) in [5.74, 6) is 0.628. The van der Waals surface area contributed by atoms with Gasteiger partial charge in [-0.25, -0.2) is 0 Å². The first kappa shape index (κ1) is 14.9. The molecular weight excluding hydrogens is 264 g/mol. The van der Waals surface area contributed by atoms with Crippen LogP contribution in [0.25, 0.3) is 0 Å². The number of anilines is 2. The summed E-state index contributed by atoms with van der Waals surface area (Å²) in [6.45, 7) is 2.29. The van der Waals surface area contributed by atoms with Crippen LogP contribution >= 0.6 is 0 Å². The predicted octanol–water partition coefficient (Wildman–Crippen LogP) is 3.31. The van der Waals surface area contributed by atoms with E-state index in [9.17, 15) is 4.79 Å². The summed E-state index contributed by atoms with van der Waals surface area (Å²) in [7, 11) is 1.61. The largest absolute Gasteiger partial charge is 0.495 e. The lowest BCUT2D eigenvalue weighted by molar-refractivity contribution is -0.114. The van der Waals surface area contributed by atoms with E-state index in [2.05, 4.69) is 17.6 Å². The zero-order valence-corrected chi connectivity index (χ0v) is 12.3. The van der Waals surface area contributed by atoms with Crippen molar-refractivity contribution in [3.63, 3.8) is 0 Å². The molecule has 2 N–H and O–H groups in total. The van der Waals surface area contributed by atoms with E-state index < -0.39 is 0 Å². The monoisotopic (exact) mass is 284 g/mol. The molecule has 2 rings (SSSR count). The Hall–Kier alpha value is -2.49. The summed E-state index contributed by atoms with van der Waals surface area (Å²) in [6.07, 6.45) is 0.990. The van der Waals surface area contributed by atoms with Crippen LogP contribution in [-0.4, -0.2) is 19.6 Å². The van der Waals surface area contributed by atoms with Crippen molar-refractivity contribution in [2.75, 3.05) is 24.3 Å². The number of carbonyl (C=O) groups excluding carboxylic acids is 1. The van der Waals surface area contributed by atoms with Crippen molar-refractivity contribution in [2.45, 2.75) is 13.3 Å². The van der Waals surface area contributed by atoms with Crippen LogP contribution in [0.15, 0.2) is 48.5 Å². The van der Waals surface area contributed by atoms with Crippen molar-refractivity contribution < 1.29 is 9.53 Å². The molecule has 0 aliphatic carbocycles. The fraction of sp³-hybridized carbons (Fsp3) is 0.235. The van der Waals surface area contributed by atoms with E-state index in [1.54, 1.807) is 7.11 Å². The zero-order valence-electron chi connectivity index (χ0n) is 12.3. The van der Waals surface area contributed by atoms with E-state index in [4.69, 9.17) is 4.74 Å². The van der Waals surface area contributed by atoms with Crippen molar-refractivity contribution in [2.24, 2.45) is 0 Å². The van der Waals surface area contributed by atoms with E-state index in [0.29, 0.717) is 0 Å². The second-order valence-corrected chi connectivity index (χ2v) is 4.65. The Kier molecular flexibility index (Phi) is 5.21. The Morgan fingerprint density at radius 3 is 2.48 bits per heavy atom. The molecule has 0 fully saturated rings. The van der Waals surface area contributed by atoms with Gasteiger partial charge in [-0.2, -0.15) is 0 Å². The molecule has 0 spiro atoms. The van der Waals surface area contributed by atoms with E-state index in [0.717, 1.165) is 23.5 Å². The second-order valence-electron chi connectivity index (χ2n) is 4.65. The van der Waals surface area contributed by atoms with E-state index in [-0.39, 0.29) is 12.5 Å². The smallest absolute Gasteiger partial charge is 0.243 e. The van der Waals surface area contributed by atoms with Crippen molar-refractivity contribution in [3.8, 4) is 5.75 Å². The minimum atomic E-state index is -0.0924. The van der Waals surface area contributed by atoms with Gasteiger partial charge in [-0.05, 0) is 36.2 Å². The highest BCUT2D eigenvalue weighted by Gasteiger charge is 2.05. The minimum Gasteiger partial charge on any atom is -0.495 e. The van der Waals surface area contributed by atoms with Gasteiger partial charge >= 0.3 is 0 Å². The fourth-order valence-corrected chi connectivity index (χ4v) is 2.00. The van der Waals surface area contributed by atoms with Crippen molar-refractivity contribution >= 4 is 17.3 Å². The Morgan fingerprint density at radius 2 is 1.81 bits per heavy atom. The molecule has 0 unspecified atom stereocenters. The minimum absolute atomic E-state index is 0.0924. The van der Waals surface area contributed by atoms with Gasteiger partial charge in [0.2, 0.25) is 5.91 Å². The number of para-hydroxylation sites is 2. The molecule has 0 aliphatic rings. The SMILES string of the molecule is CCc1ccc(NC(=O)CNc2ccccc2OC)cc1. The number of methoxy groups -OCH3 is 1. The number of hydrogen-bond donors (Lipinski definition) is 2. The Bertz CT molecular complexity index is 594. The fourth-order valence-electron chi connectivity index (χ4n) is 2.00. The van der Waals surface area contributed by atoms with Crippen LogP contribution in [0.4, 0.5) is 11.4 Å². The molecule has 4 heteroatoms. The zero-order chi connectivity index (χ0) is 15.1. The molecular formula is C17H20N2O2. The topological polar surface area (TPSA) is 50.4 Å². The number of ether oxygens (including phenoxy) is 1. The van der Waals surface area contributed by atoms with Gasteiger partial charge in [-0.3, -0.25) is 4.79 Å². The third-order valence-electron chi connectivity index (χ3n) is 3.19. The highest BCUT2D eigenvalue weighted by atomic mass is 16.5. The number of amides is 1. The Labute approximate surface area is 125 Å². The van der Waals surface area contributed by atoms with Crippen LogP contribution in [0.2, 0.25) is 0 Å². The summed E-state index contributed by atoms with van der Waals surface area (Å²) >= 11 is 0. The van der Waals surface area contributed by atoms with Crippen molar-refractivity contribution in [3.05, 3.63) is 54.1 Å². The molecule has 0 saturated heterocycles. The van der Waals surface area contributed by atoms with Gasteiger partial charge in [0.15, 0.2) is 0 Å². The number of hydrogen-bond acceptors (Lipinski definition) is 3. The van der Waals surface area contributed by atoms with Gasteiger partial charge in [0.25, 0.3) is 0 Å². The average Bonchev–Trinajstić information content (AvgIpc) is 2.54. The lowest BCUT2D eigenvalue weighted by Gasteiger charge is -2.11. The Balaban J connectivity index is 1.89. The summed E-state index contributed by atoms with van der Waals surface area (Å²) in [5, 5.41) is 5.93. The van der Waals surface area contributed by atoms with Gasteiger partial charge in [0, 0.05) is 5.69 Å². The van der Waals surface area contributed by atoms with Crippen LogP contribution < -0.4 is 15.4 Å². The molecule has 1 amide bonds. The molecule has 0 aliphatic heterocycles. The molecule has 0 bridgehead atoms. The van der Waals surface area contributed by atoms with Gasteiger partial charge in [0.05, 0.1) is 19.3 Å². The quantitative estimate of drug-likeness (QED) is 0.855. The molecule has 0 aromatic heterocycles. The Morgan fingerprint density at radius 1 is 1.10 bits per heavy atom. The van der Waals surface area contributed by atoms with Crippen molar-refractivity contribution in [1.29, 1.82) is 0 Å². The summed E-state index contributed by atoms with van der Waals surface area (Å²) < 4.78 is 5.23. The van der Waals surface area contributed by atoms with E-state index >= 15 is 0 Å². The molecule has 0 radical (unpaired) electrons. The maximum atomic E-state index is 11.9. The van der Waals surface area contributed by atoms with Crippen molar-refractivity contribution in [1.82, 2.24) is 0 Å². The first-order valence-electron chi connectivity index (χ1n) is 6.98. The molecule has 4 nitrogen and oxygen atoms in total. The number of carbonyl (C=O) groups is 1. The summed E-state index contributed by atoms with van der Waals surface area (Å²) in [5.41, 5.74) is 2.86. The highest BCUT2D eigenvalue weighted by Crippen LogP contribution is 2.22. The number of rotatable bonds is 6. The molecule has 2 aromatic carbocycles. The molecule has 110 valence electrons. The van der Waals surface area contributed by atoms with Crippen LogP contribution in [0, 0.1) is 0 Å². The van der Waals surface area contributed by atoms with Gasteiger partial charge in [0.1, 0.15) is 5.75 Å². The lowest BCUT2D eigenvalue weighted by Crippen LogP contribution is -2.21. The molecule has 0 heterocycles. The van der Waals surface area contributed by atoms with Crippen LogP contribution in [0.5, 0.6) is 5.75 Å². The average molecular weight is 284 g/mol. The normalized spacial score (nSPS) is 10.0. The maximum Gasteiger partial charge on any atom is 0.243 e. The number of aryl methyl sites for hydroxylation is 1. The van der Waals surface area contributed by atoms with Gasteiger partial charge < -0.3 is 15.4 Å². The first-order chi connectivity index (χ1) is 10.2. The van der Waals surface area contributed by atoms with Crippen LogP contribution in [-0.2, 0) is 11.2 Å². The first-order valence-corrected chi connectivity index (χ1v) is 6.98. The van der Waals surface area contributed by atoms with Crippen LogP contribution in [0.1, 0.15) is 12.5 Å². The van der Waals surface area contributed by atoms with Gasteiger partial charge in [-0.1, -0.05) is 31.2 Å². The number of nitrogens with one attached hydrogen (secondary N) is 2. The van der Waals surface area contributed by atoms with E-state index in [1.807, 2.05) is 48.5 Å². The molecule has 0 atom stereocenters. The van der Waals surface area contributed by atoms with Crippen LogP contribution in [0.3, 0.4) is 0 Å². The highest BCUT2D eigenvalue weighted by molar-refractivity contribution is 5.93. The molecule has 0 saturated carbocycles. The second kappa shape index (κ2) is 7.33. The lowest BCUT2D eigenvalue weighted by atomic mass is 10.1. The summed E-state index contributed by atoms with van der Waals surface area (Å²) in [6, 6.07) is 15.4. The maximum absolute atomic E-state index is 11.9. The summed E-state index contributed by atoms with van der Waals surface area (Å²) in [4.78, 5) is 11.9. The number of benzene rings is 2. The van der Waals surface area contributed by atoms with E-state index in [1.165, 1.54) is 5.56 Å². The molecule has 21 heavy (non-hydrogen) atoms. The third kappa shape index (κ3) is 4.24. The molecule has 2 aromatic rings. The standard InChI is InChI=1S/C17H20N2O2/c1-3-13-8-10-14(11-9-13)19-17(20)12-18-15-6-4-5-7-16(15)21-2/h4-11,18H,3,12H2,1-2H3,(H,19,20). The predicted molar refractivity (Wildman–Crippen MR) is 85.9 cm³/mol. The third-order valence-corrected chi connectivity index (χ3v) is 3.19.